The van der Waals surface area contributed by atoms with E-state index in [4.69, 9.17) is 5.26 Å². The highest BCUT2D eigenvalue weighted by Crippen LogP contribution is 2.27. The molecule has 1 rings (SSSR count). The van der Waals surface area contributed by atoms with Crippen molar-refractivity contribution < 1.29 is 4.79 Å². The summed E-state index contributed by atoms with van der Waals surface area (Å²) in [5, 5.41) is 12.0. The van der Waals surface area contributed by atoms with Crippen LogP contribution in [0.5, 0.6) is 0 Å². The normalized spacial score (nSPS) is 18.7. The van der Waals surface area contributed by atoms with Gasteiger partial charge < -0.3 is 5.32 Å². The molecular weight excluding hydrogens is 188 g/mol. The van der Waals surface area contributed by atoms with E-state index in [2.05, 4.69) is 11.4 Å². The summed E-state index contributed by atoms with van der Waals surface area (Å²) in [5.41, 5.74) is 0.345. The molecule has 15 heavy (non-hydrogen) atoms. The van der Waals surface area contributed by atoms with Crippen LogP contribution in [-0.2, 0) is 4.79 Å². The van der Waals surface area contributed by atoms with Gasteiger partial charge in [0.25, 0.3) is 0 Å². The second kappa shape index (κ2) is 4.97. The number of nitrogens with zero attached hydrogens (tertiary/aromatic N) is 1. The number of nitriles is 1. The molecule has 3 heteroatoms. The molecule has 0 heterocycles. The van der Waals surface area contributed by atoms with Crippen LogP contribution in [0, 0.1) is 11.3 Å². The Morgan fingerprint density at radius 1 is 1.33 bits per heavy atom. The topological polar surface area (TPSA) is 52.9 Å². The van der Waals surface area contributed by atoms with E-state index in [0.29, 0.717) is 0 Å². The van der Waals surface area contributed by atoms with Crippen LogP contribution in [0.2, 0.25) is 0 Å². The number of rotatable bonds is 2. The molecule has 0 aromatic heterocycles. The lowest BCUT2D eigenvalue weighted by Crippen LogP contribution is -2.48. The van der Waals surface area contributed by atoms with Gasteiger partial charge in [-0.25, -0.2) is 0 Å². The average molecular weight is 206 g/mol. The molecule has 1 fully saturated rings. The minimum Gasteiger partial charge on any atom is -0.334 e. The zero-order chi connectivity index (χ0) is 11.3. The van der Waals surface area contributed by atoms with Crippen LogP contribution in [0.3, 0.4) is 0 Å². The fraction of sp³-hybridized carbons (Fsp3) is 0.667. The van der Waals surface area contributed by atoms with Gasteiger partial charge in [0.2, 0.25) is 5.91 Å². The maximum atomic E-state index is 11.5. The van der Waals surface area contributed by atoms with E-state index in [1.807, 2.05) is 13.8 Å². The summed E-state index contributed by atoms with van der Waals surface area (Å²) in [7, 11) is 0. The summed E-state index contributed by atoms with van der Waals surface area (Å²) in [6, 6.07) is 2.26. The number of nitrogens with one attached hydrogen (secondary N) is 1. The average Bonchev–Trinajstić information content (AvgIpc) is 2.17. The number of carbonyl (C=O) groups is 1. The summed E-state index contributed by atoms with van der Waals surface area (Å²) in [5.74, 6) is -0.140. The molecule has 82 valence electrons. The van der Waals surface area contributed by atoms with Crippen LogP contribution < -0.4 is 5.32 Å². The van der Waals surface area contributed by atoms with Crippen molar-refractivity contribution in [2.75, 3.05) is 0 Å². The second-order valence-electron chi connectivity index (χ2n) is 4.47. The lowest BCUT2D eigenvalue weighted by atomic mass is 9.83. The number of allylic oxidation sites excluding steroid dienone is 1. The van der Waals surface area contributed by atoms with Gasteiger partial charge in [0, 0.05) is 6.08 Å². The molecule has 1 N–H and O–H groups in total. The molecule has 0 spiro atoms. The van der Waals surface area contributed by atoms with E-state index in [1.165, 1.54) is 6.42 Å². The fourth-order valence-corrected chi connectivity index (χ4v) is 1.95. The van der Waals surface area contributed by atoms with Gasteiger partial charge in [-0.05, 0) is 26.7 Å². The minimum absolute atomic E-state index is 0.140. The van der Waals surface area contributed by atoms with E-state index in [9.17, 15) is 4.79 Å². The van der Waals surface area contributed by atoms with Crippen LogP contribution >= 0.6 is 0 Å². The summed E-state index contributed by atoms with van der Waals surface area (Å²) in [6.07, 6.45) is 6.35. The number of hydrogen-bond donors (Lipinski definition) is 1. The molecule has 3 nitrogen and oxygen atoms in total. The van der Waals surface area contributed by atoms with Crippen molar-refractivity contribution in [1.29, 1.82) is 5.26 Å². The van der Waals surface area contributed by atoms with Gasteiger partial charge in [0.1, 0.15) is 5.54 Å². The fourth-order valence-electron chi connectivity index (χ4n) is 1.95. The monoisotopic (exact) mass is 206 g/mol. The molecule has 1 aliphatic rings. The first-order chi connectivity index (χ1) is 7.08. The van der Waals surface area contributed by atoms with Crippen molar-refractivity contribution in [1.82, 2.24) is 5.32 Å². The first-order valence-electron chi connectivity index (χ1n) is 5.46. The third kappa shape index (κ3) is 3.39. The molecule has 0 aromatic rings. The quantitative estimate of drug-likeness (QED) is 0.705. The maximum absolute atomic E-state index is 11.5. The molecule has 1 aliphatic carbocycles. The van der Waals surface area contributed by atoms with Crippen molar-refractivity contribution in [3.63, 3.8) is 0 Å². The SMILES string of the molecule is CC(C)=CC(=O)NC1(C#N)CCCCC1. The Kier molecular flexibility index (Phi) is 3.90. The molecular formula is C12H18N2O. The third-order valence-electron chi connectivity index (χ3n) is 2.70. The predicted molar refractivity (Wildman–Crippen MR) is 59.0 cm³/mol. The summed E-state index contributed by atoms with van der Waals surface area (Å²) in [6.45, 7) is 3.75. The Morgan fingerprint density at radius 2 is 1.93 bits per heavy atom. The lowest BCUT2D eigenvalue weighted by Gasteiger charge is -2.31. The smallest absolute Gasteiger partial charge is 0.245 e. The van der Waals surface area contributed by atoms with Crippen molar-refractivity contribution in [2.45, 2.75) is 51.5 Å². The number of hydrogen-bond acceptors (Lipinski definition) is 2. The number of carbonyl (C=O) groups excluding carboxylic acids is 1. The van der Waals surface area contributed by atoms with Crippen molar-refractivity contribution >= 4 is 5.91 Å². The molecule has 0 radical (unpaired) electrons. The Morgan fingerprint density at radius 3 is 2.40 bits per heavy atom. The lowest BCUT2D eigenvalue weighted by molar-refractivity contribution is -0.118. The van der Waals surface area contributed by atoms with Crippen LogP contribution in [0.4, 0.5) is 0 Å². The van der Waals surface area contributed by atoms with Gasteiger partial charge in [-0.2, -0.15) is 5.26 Å². The van der Waals surface area contributed by atoms with E-state index >= 15 is 0 Å². The van der Waals surface area contributed by atoms with Gasteiger partial charge in [0.15, 0.2) is 0 Å². The molecule has 0 bridgehead atoms. The van der Waals surface area contributed by atoms with E-state index in [0.717, 1.165) is 31.3 Å². The van der Waals surface area contributed by atoms with Crippen molar-refractivity contribution in [3.8, 4) is 6.07 Å². The van der Waals surface area contributed by atoms with Gasteiger partial charge in [-0.1, -0.05) is 24.8 Å². The zero-order valence-electron chi connectivity index (χ0n) is 9.47. The second-order valence-corrected chi connectivity index (χ2v) is 4.47. The Hall–Kier alpha value is -1.30. The van der Waals surface area contributed by atoms with Gasteiger partial charge in [0.05, 0.1) is 6.07 Å². The first kappa shape index (κ1) is 11.8. The van der Waals surface area contributed by atoms with Crippen molar-refractivity contribution in [2.24, 2.45) is 0 Å². The molecule has 0 atom stereocenters. The van der Waals surface area contributed by atoms with E-state index < -0.39 is 5.54 Å². The summed E-state index contributed by atoms with van der Waals surface area (Å²) in [4.78, 5) is 11.5. The summed E-state index contributed by atoms with van der Waals surface area (Å²) >= 11 is 0. The highest BCUT2D eigenvalue weighted by Gasteiger charge is 2.32. The minimum atomic E-state index is -0.610. The molecule has 0 unspecified atom stereocenters. The van der Waals surface area contributed by atoms with Gasteiger partial charge in [-0.15, -0.1) is 0 Å². The van der Waals surface area contributed by atoms with Gasteiger partial charge in [-0.3, -0.25) is 4.79 Å². The Bertz CT molecular complexity index is 302. The Balaban J connectivity index is 2.64. The third-order valence-corrected chi connectivity index (χ3v) is 2.70. The van der Waals surface area contributed by atoms with Crippen LogP contribution in [0.25, 0.3) is 0 Å². The highest BCUT2D eigenvalue weighted by molar-refractivity contribution is 5.89. The zero-order valence-corrected chi connectivity index (χ0v) is 9.47. The number of amides is 1. The predicted octanol–water partition coefficient (Wildman–Crippen LogP) is 2.30. The van der Waals surface area contributed by atoms with Crippen LogP contribution in [0.1, 0.15) is 46.0 Å². The molecule has 0 aliphatic heterocycles. The summed E-state index contributed by atoms with van der Waals surface area (Å²) < 4.78 is 0. The van der Waals surface area contributed by atoms with E-state index in [-0.39, 0.29) is 5.91 Å². The first-order valence-corrected chi connectivity index (χ1v) is 5.46. The maximum Gasteiger partial charge on any atom is 0.245 e. The molecule has 0 saturated heterocycles. The van der Waals surface area contributed by atoms with Gasteiger partial charge >= 0.3 is 0 Å². The molecule has 1 saturated carbocycles. The standard InChI is InChI=1S/C12H18N2O/c1-10(2)8-11(15)14-12(9-13)6-4-3-5-7-12/h8H,3-7H2,1-2H3,(H,14,15). The van der Waals surface area contributed by atoms with E-state index in [1.54, 1.807) is 6.08 Å². The van der Waals surface area contributed by atoms with Crippen LogP contribution in [-0.4, -0.2) is 11.4 Å². The Labute approximate surface area is 91.2 Å². The molecule has 1 amide bonds. The molecule has 0 aromatic carbocycles. The van der Waals surface area contributed by atoms with Crippen LogP contribution in [0.15, 0.2) is 11.6 Å². The van der Waals surface area contributed by atoms with Crippen molar-refractivity contribution in [3.05, 3.63) is 11.6 Å². The highest BCUT2D eigenvalue weighted by atomic mass is 16.1. The largest absolute Gasteiger partial charge is 0.334 e.